The van der Waals surface area contributed by atoms with E-state index >= 15 is 0 Å². The van der Waals surface area contributed by atoms with E-state index in [1.165, 1.54) is 57.8 Å². The van der Waals surface area contributed by atoms with Crippen LogP contribution in [0.15, 0.2) is 0 Å². The molecular formula is C23H47NaO4S. The normalized spacial score (nSPS) is 13.8. The summed E-state index contributed by atoms with van der Waals surface area (Å²) in [5.41, 5.74) is 0. The molecular weight excluding hydrogens is 395 g/mol. The van der Waals surface area contributed by atoms with Crippen LogP contribution in [-0.2, 0) is 10.1 Å². The first-order valence-corrected chi connectivity index (χ1v) is 13.5. The Morgan fingerprint density at radius 1 is 0.621 bits per heavy atom. The number of hydrogen-bond donors (Lipinski definition) is 1. The molecule has 2 atom stereocenters. The van der Waals surface area contributed by atoms with E-state index in [4.69, 9.17) is 0 Å². The van der Waals surface area contributed by atoms with Crippen LogP contribution < -0.4 is 29.6 Å². The van der Waals surface area contributed by atoms with Crippen molar-refractivity contribution < 1.29 is 47.6 Å². The maximum atomic E-state index is 11.3. The van der Waals surface area contributed by atoms with Gasteiger partial charge < -0.3 is 9.66 Å². The van der Waals surface area contributed by atoms with E-state index in [-0.39, 0.29) is 35.7 Å². The molecule has 6 heteroatoms. The molecule has 0 aromatic heterocycles. The second-order valence-electron chi connectivity index (χ2n) is 8.52. The quantitative estimate of drug-likeness (QED) is 0.167. The van der Waals surface area contributed by atoms with Crippen LogP contribution in [0.4, 0.5) is 0 Å². The maximum absolute atomic E-state index is 11.3. The van der Waals surface area contributed by atoms with E-state index in [2.05, 4.69) is 6.92 Å². The van der Waals surface area contributed by atoms with Crippen LogP contribution in [0, 0.1) is 0 Å². The maximum Gasteiger partial charge on any atom is 1.00 e. The largest absolute Gasteiger partial charge is 1.00 e. The predicted octanol–water partition coefficient (Wildman–Crippen LogP) is 3.72. The van der Waals surface area contributed by atoms with Gasteiger partial charge in [0.15, 0.2) is 0 Å². The van der Waals surface area contributed by atoms with Crippen molar-refractivity contribution in [3.8, 4) is 0 Å². The summed E-state index contributed by atoms with van der Waals surface area (Å²) in [5.74, 6) is 0. The van der Waals surface area contributed by atoms with Crippen molar-refractivity contribution in [1.29, 1.82) is 0 Å². The molecule has 2 unspecified atom stereocenters. The third-order valence-electron chi connectivity index (χ3n) is 5.74. The van der Waals surface area contributed by atoms with Crippen LogP contribution in [0.2, 0.25) is 0 Å². The van der Waals surface area contributed by atoms with Gasteiger partial charge in [-0.25, -0.2) is 8.42 Å². The summed E-state index contributed by atoms with van der Waals surface area (Å²) < 4.78 is 33.9. The minimum Gasteiger partial charge on any atom is -0.748 e. The van der Waals surface area contributed by atoms with E-state index in [1.54, 1.807) is 0 Å². The third-order valence-corrected chi connectivity index (χ3v) is 7.03. The Morgan fingerprint density at radius 2 is 0.966 bits per heavy atom. The monoisotopic (exact) mass is 442 g/mol. The van der Waals surface area contributed by atoms with Crippen LogP contribution in [0.5, 0.6) is 0 Å². The molecule has 0 saturated carbocycles. The molecule has 0 radical (unpaired) electrons. The van der Waals surface area contributed by atoms with Crippen molar-refractivity contribution >= 4 is 10.1 Å². The van der Waals surface area contributed by atoms with Crippen LogP contribution in [-0.4, -0.2) is 29.4 Å². The first-order chi connectivity index (χ1) is 13.4. The molecule has 0 aromatic carbocycles. The van der Waals surface area contributed by atoms with E-state index in [1.807, 2.05) is 6.92 Å². The van der Waals surface area contributed by atoms with Crippen LogP contribution >= 0.6 is 0 Å². The number of aliphatic hydroxyl groups excluding tert-OH is 1. The first-order valence-electron chi connectivity index (χ1n) is 12.0. The molecule has 0 amide bonds. The molecule has 0 spiro atoms. The Bertz CT molecular complexity index is 429. The molecule has 0 saturated heterocycles. The van der Waals surface area contributed by atoms with E-state index in [0.29, 0.717) is 12.8 Å². The van der Waals surface area contributed by atoms with Crippen LogP contribution in [0.3, 0.4) is 0 Å². The fourth-order valence-electron chi connectivity index (χ4n) is 3.81. The second kappa shape index (κ2) is 22.1. The minimum absolute atomic E-state index is 0. The Hall–Kier alpha value is 0.870. The standard InChI is InChI=1S/C23H48O4S.Na/c1-3-5-7-8-9-10-11-12-13-15-18-22(24)19-16-14-17-21-23(20-6-4-2)28(25,26)27;/h22-24H,3-21H2,1-2H3,(H,25,26,27);/q;+1/p-1. The van der Waals surface area contributed by atoms with Crippen molar-refractivity contribution in [3.63, 3.8) is 0 Å². The van der Waals surface area contributed by atoms with E-state index < -0.39 is 15.4 Å². The summed E-state index contributed by atoms with van der Waals surface area (Å²) in [4.78, 5) is 0. The summed E-state index contributed by atoms with van der Waals surface area (Å²) in [6.45, 7) is 4.25. The Kier molecular flexibility index (Phi) is 24.4. The van der Waals surface area contributed by atoms with E-state index in [9.17, 15) is 18.1 Å². The van der Waals surface area contributed by atoms with Crippen molar-refractivity contribution in [3.05, 3.63) is 0 Å². The molecule has 4 nitrogen and oxygen atoms in total. The van der Waals surface area contributed by atoms with Crippen molar-refractivity contribution in [1.82, 2.24) is 0 Å². The molecule has 0 aliphatic carbocycles. The molecule has 0 bridgehead atoms. The summed E-state index contributed by atoms with van der Waals surface area (Å²) >= 11 is 0. The van der Waals surface area contributed by atoms with Gasteiger partial charge in [-0.3, -0.25) is 0 Å². The zero-order valence-electron chi connectivity index (χ0n) is 19.7. The summed E-state index contributed by atoms with van der Waals surface area (Å²) in [7, 11) is -4.17. The predicted molar refractivity (Wildman–Crippen MR) is 119 cm³/mol. The molecule has 0 aliphatic heterocycles. The fraction of sp³-hybridized carbons (Fsp3) is 1.00. The van der Waals surface area contributed by atoms with Crippen molar-refractivity contribution in [2.24, 2.45) is 0 Å². The molecule has 0 heterocycles. The summed E-state index contributed by atoms with van der Waals surface area (Å²) in [5, 5.41) is 9.36. The van der Waals surface area contributed by atoms with Gasteiger partial charge in [-0.15, -0.1) is 0 Å². The number of rotatable bonds is 21. The Labute approximate surface area is 204 Å². The smallest absolute Gasteiger partial charge is 0.748 e. The average Bonchev–Trinajstić information content (AvgIpc) is 2.64. The zero-order valence-corrected chi connectivity index (χ0v) is 22.5. The van der Waals surface area contributed by atoms with Crippen LogP contribution in [0.25, 0.3) is 0 Å². The van der Waals surface area contributed by atoms with Gasteiger partial charge in [0.2, 0.25) is 0 Å². The Balaban J connectivity index is 0. The topological polar surface area (TPSA) is 77.4 Å². The molecule has 29 heavy (non-hydrogen) atoms. The van der Waals surface area contributed by atoms with Gasteiger partial charge in [0.05, 0.1) is 16.2 Å². The van der Waals surface area contributed by atoms with E-state index in [0.717, 1.165) is 51.4 Å². The van der Waals surface area contributed by atoms with Crippen molar-refractivity contribution in [2.75, 3.05) is 0 Å². The molecule has 1 N–H and O–H groups in total. The van der Waals surface area contributed by atoms with Gasteiger partial charge in [-0.2, -0.15) is 0 Å². The van der Waals surface area contributed by atoms with Gasteiger partial charge in [-0.05, 0) is 25.7 Å². The molecule has 0 aromatic rings. The zero-order chi connectivity index (χ0) is 21.1. The molecule has 170 valence electrons. The third kappa shape index (κ3) is 21.9. The minimum atomic E-state index is -4.17. The fourth-order valence-corrected chi connectivity index (χ4v) is 4.72. The average molecular weight is 443 g/mol. The summed E-state index contributed by atoms with van der Waals surface area (Å²) in [6, 6.07) is 0. The van der Waals surface area contributed by atoms with Gasteiger partial charge in [0.25, 0.3) is 0 Å². The molecule has 0 rings (SSSR count). The van der Waals surface area contributed by atoms with Gasteiger partial charge >= 0.3 is 29.6 Å². The molecule has 0 fully saturated rings. The van der Waals surface area contributed by atoms with Crippen molar-refractivity contribution in [2.45, 2.75) is 147 Å². The first kappa shape index (κ1) is 32.1. The van der Waals surface area contributed by atoms with Crippen LogP contribution in [0.1, 0.15) is 136 Å². The van der Waals surface area contributed by atoms with Gasteiger partial charge in [-0.1, -0.05) is 110 Å². The van der Waals surface area contributed by atoms with Gasteiger partial charge in [0.1, 0.15) is 0 Å². The SMILES string of the molecule is CCCCCCCCCCCCC(O)CCCCCC(CCCC)S(=O)(=O)[O-].[Na+]. The second-order valence-corrected chi connectivity index (χ2v) is 10.2. The molecule has 0 aliphatic rings. The number of hydrogen-bond acceptors (Lipinski definition) is 4. The number of aliphatic hydroxyl groups is 1. The van der Waals surface area contributed by atoms with Gasteiger partial charge in [0, 0.05) is 5.25 Å². The Morgan fingerprint density at radius 3 is 1.41 bits per heavy atom. The number of unbranched alkanes of at least 4 members (excludes halogenated alkanes) is 12. The summed E-state index contributed by atoms with van der Waals surface area (Å²) in [6.07, 6.45) is 19.8.